The van der Waals surface area contributed by atoms with Gasteiger partial charge in [0, 0.05) is 76.8 Å². The quantitative estimate of drug-likeness (QED) is 0.452. The molecular weight excluding hydrogens is 611 g/mol. The Hall–Kier alpha value is -2.62. The summed E-state index contributed by atoms with van der Waals surface area (Å²) in [5.74, 6) is -0.855. The lowest BCUT2D eigenvalue weighted by atomic mass is 9.75. The third-order valence-electron chi connectivity index (χ3n) is 9.94. The zero-order valence-corrected chi connectivity index (χ0v) is 26.1. The molecule has 2 saturated heterocycles. The van der Waals surface area contributed by atoms with Crippen LogP contribution in [0.2, 0.25) is 0 Å². The molecule has 4 heterocycles. The summed E-state index contributed by atoms with van der Waals surface area (Å²) in [7, 11) is -2.27. The van der Waals surface area contributed by atoms with Crippen molar-refractivity contribution in [1.29, 1.82) is 0 Å². The zero-order valence-electron chi connectivity index (χ0n) is 25.3. The van der Waals surface area contributed by atoms with Gasteiger partial charge in [0.05, 0.1) is 24.2 Å². The number of aromatic nitrogens is 1. The Morgan fingerprint density at radius 3 is 2.78 bits per heavy atom. The Balaban J connectivity index is 1.22. The number of alkyl halides is 3. The first-order chi connectivity index (χ1) is 21.5. The van der Waals surface area contributed by atoms with Crippen LogP contribution in [-0.2, 0) is 50.2 Å². The van der Waals surface area contributed by atoms with Crippen molar-refractivity contribution in [2.24, 2.45) is 11.3 Å². The van der Waals surface area contributed by atoms with Crippen molar-refractivity contribution in [2.45, 2.75) is 69.6 Å². The molecule has 1 aromatic carbocycles. The molecule has 0 radical (unpaired) electrons. The van der Waals surface area contributed by atoms with Crippen molar-refractivity contribution in [2.75, 3.05) is 40.0 Å². The van der Waals surface area contributed by atoms with Gasteiger partial charge in [-0.3, -0.25) is 9.78 Å². The van der Waals surface area contributed by atoms with E-state index in [0.29, 0.717) is 50.3 Å². The van der Waals surface area contributed by atoms with Crippen molar-refractivity contribution >= 4 is 16.1 Å². The molecule has 4 aliphatic rings. The van der Waals surface area contributed by atoms with Gasteiger partial charge in [0.25, 0.3) is 10.2 Å². The van der Waals surface area contributed by atoms with Crippen molar-refractivity contribution in [3.05, 3.63) is 65.0 Å². The summed E-state index contributed by atoms with van der Waals surface area (Å²) in [6.07, 6.45) is -0.650. The van der Waals surface area contributed by atoms with Gasteiger partial charge in [0.1, 0.15) is 0 Å². The third kappa shape index (κ3) is 6.91. The summed E-state index contributed by atoms with van der Waals surface area (Å²) in [5.41, 5.74) is 0.284. The smallest absolute Gasteiger partial charge is 0.379 e. The van der Waals surface area contributed by atoms with Gasteiger partial charge in [-0.1, -0.05) is 30.3 Å². The van der Waals surface area contributed by atoms with E-state index in [9.17, 15) is 26.4 Å². The molecular formula is C31H40F3N5O5S. The fourth-order valence-electron chi connectivity index (χ4n) is 7.49. The number of hydrogen-bond donors (Lipinski definition) is 2. The van der Waals surface area contributed by atoms with Crippen molar-refractivity contribution < 1.29 is 35.9 Å². The van der Waals surface area contributed by atoms with E-state index in [1.807, 2.05) is 30.3 Å². The maximum Gasteiger partial charge on any atom is 0.417 e. The average Bonchev–Trinajstić information content (AvgIpc) is 3.63. The Bertz CT molecular complexity index is 1480. The first kappa shape index (κ1) is 32.3. The van der Waals surface area contributed by atoms with Crippen molar-refractivity contribution in [3.63, 3.8) is 0 Å². The summed E-state index contributed by atoms with van der Waals surface area (Å²) in [4.78, 5) is 19.9. The van der Waals surface area contributed by atoms with Crippen LogP contribution in [0, 0.1) is 11.3 Å². The Kier molecular flexibility index (Phi) is 9.25. The summed E-state index contributed by atoms with van der Waals surface area (Å²) < 4.78 is 82.8. The normalized spacial score (nSPS) is 29.3. The molecule has 14 heteroatoms. The number of hydrogen-bond acceptors (Lipinski definition) is 7. The fourth-order valence-corrected chi connectivity index (χ4v) is 8.80. The largest absolute Gasteiger partial charge is 0.417 e. The van der Waals surface area contributed by atoms with Gasteiger partial charge in [-0.15, -0.1) is 0 Å². The van der Waals surface area contributed by atoms with E-state index in [1.165, 1.54) is 4.31 Å². The van der Waals surface area contributed by atoms with Crippen LogP contribution in [0.4, 0.5) is 13.2 Å². The minimum atomic E-state index is -4.54. The van der Waals surface area contributed by atoms with Gasteiger partial charge in [-0.2, -0.15) is 30.6 Å². The van der Waals surface area contributed by atoms with E-state index in [-0.39, 0.29) is 50.3 Å². The molecule has 0 bridgehead atoms. The summed E-state index contributed by atoms with van der Waals surface area (Å²) >= 11 is 0. The molecule has 45 heavy (non-hydrogen) atoms. The molecule has 6 rings (SSSR count). The predicted molar refractivity (Wildman–Crippen MR) is 159 cm³/mol. The molecule has 1 aliphatic carbocycles. The van der Waals surface area contributed by atoms with Gasteiger partial charge in [0.15, 0.2) is 0 Å². The van der Waals surface area contributed by atoms with Crippen molar-refractivity contribution in [1.82, 2.24) is 24.2 Å². The fraction of sp³-hybridized carbons (Fsp3) is 0.613. The highest BCUT2D eigenvalue weighted by Gasteiger charge is 2.57. The number of ether oxygens (including phenoxy) is 2. The molecule has 10 nitrogen and oxygen atoms in total. The van der Waals surface area contributed by atoms with E-state index in [2.05, 4.69) is 15.0 Å². The van der Waals surface area contributed by atoms with E-state index in [4.69, 9.17) is 9.47 Å². The first-order valence-electron chi connectivity index (χ1n) is 15.5. The summed E-state index contributed by atoms with van der Waals surface area (Å²) in [6.45, 7) is 1.76. The number of halogens is 3. The number of pyridine rings is 1. The predicted octanol–water partition coefficient (Wildman–Crippen LogP) is 2.88. The summed E-state index contributed by atoms with van der Waals surface area (Å²) in [6, 6.07) is 10.4. The van der Waals surface area contributed by atoms with E-state index in [0.717, 1.165) is 30.7 Å². The molecule has 3 aliphatic heterocycles. The number of carbonyl (C=O) groups is 1. The highest BCUT2D eigenvalue weighted by molar-refractivity contribution is 7.87. The molecule has 3 unspecified atom stereocenters. The maximum absolute atomic E-state index is 14.3. The second kappa shape index (κ2) is 12.9. The topological polar surface area (TPSA) is 113 Å². The second-order valence-electron chi connectivity index (χ2n) is 12.7. The van der Waals surface area contributed by atoms with Gasteiger partial charge in [0.2, 0.25) is 5.91 Å². The number of methoxy groups -OCH3 is 1. The molecule has 2 N–H and O–H groups in total. The minimum absolute atomic E-state index is 0.00987. The maximum atomic E-state index is 14.3. The molecule has 1 saturated carbocycles. The number of fused-ring (bicyclic) bond motifs is 1. The number of nitrogens with zero attached hydrogens (tertiary/aromatic N) is 3. The highest BCUT2D eigenvalue weighted by atomic mass is 32.2. The summed E-state index contributed by atoms with van der Waals surface area (Å²) in [5, 5.41) is 3.71. The standard InChI is InChI=1S/C31H40F3N5O5S/c1-43-28-19-44-12-9-27(28)37-24-7-10-30(14-24)20-39(45(41,42)36-15-21-5-3-2-4-6-21)18-25(30)29(40)38-11-8-26-22(17-38)13-23(16-35-26)31(32,33)34/h2-6,13,16,24-25,27-28,36-37H,7-12,14-15,17-20H2,1H3/t24-,25?,27?,28?,30+/m0/s1. The average molecular weight is 652 g/mol. The Morgan fingerprint density at radius 2 is 2.02 bits per heavy atom. The monoisotopic (exact) mass is 651 g/mol. The number of benzene rings is 1. The minimum Gasteiger partial charge on any atom is -0.379 e. The lowest BCUT2D eigenvalue weighted by molar-refractivity contribution is -0.139. The van der Waals surface area contributed by atoms with Gasteiger partial charge >= 0.3 is 6.18 Å². The lowest BCUT2D eigenvalue weighted by Gasteiger charge is -2.37. The third-order valence-corrected chi connectivity index (χ3v) is 11.4. The molecule has 1 spiro atoms. The van der Waals surface area contributed by atoms with Gasteiger partial charge in [-0.05, 0) is 48.3 Å². The Labute approximate surface area is 261 Å². The van der Waals surface area contributed by atoms with Gasteiger partial charge in [-0.25, -0.2) is 0 Å². The van der Waals surface area contributed by atoms with Gasteiger partial charge < -0.3 is 19.7 Å². The molecule has 1 amide bonds. The highest BCUT2D eigenvalue weighted by Crippen LogP contribution is 2.51. The van der Waals surface area contributed by atoms with Crippen LogP contribution in [0.15, 0.2) is 42.6 Å². The van der Waals surface area contributed by atoms with Crippen LogP contribution in [0.1, 0.15) is 48.1 Å². The molecule has 1 aromatic heterocycles. The number of rotatable bonds is 8. The molecule has 3 fully saturated rings. The zero-order chi connectivity index (χ0) is 31.8. The van der Waals surface area contributed by atoms with Crippen LogP contribution in [-0.4, -0.2) is 86.7 Å². The van der Waals surface area contributed by atoms with E-state index in [1.54, 1.807) is 12.0 Å². The Morgan fingerprint density at radius 1 is 1.22 bits per heavy atom. The molecule has 246 valence electrons. The van der Waals surface area contributed by atoms with Crippen LogP contribution in [0.3, 0.4) is 0 Å². The van der Waals surface area contributed by atoms with Crippen LogP contribution >= 0.6 is 0 Å². The van der Waals surface area contributed by atoms with Crippen molar-refractivity contribution in [3.8, 4) is 0 Å². The van der Waals surface area contributed by atoms with Crippen LogP contribution in [0.5, 0.6) is 0 Å². The number of amides is 1. The van der Waals surface area contributed by atoms with Crippen LogP contribution in [0.25, 0.3) is 0 Å². The molecule has 2 aromatic rings. The van der Waals surface area contributed by atoms with E-state index >= 15 is 0 Å². The number of nitrogens with one attached hydrogen (secondary N) is 2. The SMILES string of the molecule is COC1COCCC1N[C@H]1CC[C@@]2(C1)CN(S(=O)(=O)NCc1ccccc1)CC2C(=O)N1CCc2ncc(C(F)(F)F)cc2C1. The second-order valence-corrected chi connectivity index (χ2v) is 14.5. The van der Waals surface area contributed by atoms with Crippen LogP contribution < -0.4 is 10.0 Å². The van der Waals surface area contributed by atoms with E-state index < -0.39 is 33.3 Å². The molecule has 5 atom stereocenters. The first-order valence-corrected chi connectivity index (χ1v) is 16.9. The lowest BCUT2D eigenvalue weighted by Crippen LogP contribution is -2.51. The number of carbonyl (C=O) groups excluding carboxylic acids is 1.